The maximum Gasteiger partial charge on any atom is 0.246 e. The number of carbonyl (C=O) groups excluding carboxylic acids is 1. The number of methoxy groups -OCH3 is 1. The van der Waals surface area contributed by atoms with Gasteiger partial charge in [0.15, 0.2) is 0 Å². The molecule has 1 amide bonds. The van der Waals surface area contributed by atoms with E-state index in [4.69, 9.17) is 4.74 Å². The second-order valence-corrected chi connectivity index (χ2v) is 5.25. The minimum atomic E-state index is -0.158. The van der Waals surface area contributed by atoms with Crippen LogP contribution in [0.2, 0.25) is 0 Å². The van der Waals surface area contributed by atoms with Crippen molar-refractivity contribution in [2.45, 2.75) is 19.9 Å². The molecule has 2 aromatic carbocycles. The fourth-order valence-corrected chi connectivity index (χ4v) is 2.21. The lowest BCUT2D eigenvalue weighted by Gasteiger charge is -2.20. The van der Waals surface area contributed by atoms with Gasteiger partial charge in [0, 0.05) is 7.11 Å². The maximum absolute atomic E-state index is 11.9. The summed E-state index contributed by atoms with van der Waals surface area (Å²) in [6.45, 7) is 4.16. The van der Waals surface area contributed by atoms with Crippen LogP contribution >= 0.6 is 0 Å². The van der Waals surface area contributed by atoms with Gasteiger partial charge in [0.2, 0.25) is 5.91 Å². The van der Waals surface area contributed by atoms with Crippen LogP contribution in [0.25, 0.3) is 0 Å². The predicted octanol–water partition coefficient (Wildman–Crippen LogP) is 3.16. The number of rotatable bonds is 5. The second-order valence-electron chi connectivity index (χ2n) is 5.25. The van der Waals surface area contributed by atoms with E-state index < -0.39 is 0 Å². The lowest BCUT2D eigenvalue weighted by Crippen LogP contribution is -2.32. The SMILES string of the molecule is COCC(=O)NC(c1ccc(C)cc1)c1ccc(C)cc1. The van der Waals surface area contributed by atoms with Crippen LogP contribution in [0.1, 0.15) is 28.3 Å². The average Bonchev–Trinajstić information content (AvgIpc) is 2.47. The van der Waals surface area contributed by atoms with Crippen LogP contribution in [0.15, 0.2) is 48.5 Å². The first kappa shape index (κ1) is 15.3. The fraction of sp³-hybridized carbons (Fsp3) is 0.278. The Morgan fingerprint density at radius 1 is 0.952 bits per heavy atom. The Labute approximate surface area is 126 Å². The molecule has 0 atom stereocenters. The van der Waals surface area contributed by atoms with Crippen LogP contribution in [0.5, 0.6) is 0 Å². The highest BCUT2D eigenvalue weighted by atomic mass is 16.5. The van der Waals surface area contributed by atoms with E-state index in [1.54, 1.807) is 0 Å². The number of aryl methyl sites for hydroxylation is 2. The van der Waals surface area contributed by atoms with Crippen molar-refractivity contribution in [2.24, 2.45) is 0 Å². The van der Waals surface area contributed by atoms with Crippen LogP contribution < -0.4 is 5.32 Å². The monoisotopic (exact) mass is 283 g/mol. The molecule has 0 saturated heterocycles. The molecule has 21 heavy (non-hydrogen) atoms. The summed E-state index contributed by atoms with van der Waals surface area (Å²) in [7, 11) is 1.52. The van der Waals surface area contributed by atoms with E-state index in [-0.39, 0.29) is 18.6 Å². The Hall–Kier alpha value is -2.13. The van der Waals surface area contributed by atoms with Crippen molar-refractivity contribution in [3.8, 4) is 0 Å². The summed E-state index contributed by atoms with van der Waals surface area (Å²) in [5.74, 6) is -0.122. The topological polar surface area (TPSA) is 38.3 Å². The highest BCUT2D eigenvalue weighted by molar-refractivity contribution is 5.78. The molecule has 0 radical (unpaired) electrons. The molecule has 0 fully saturated rings. The molecule has 110 valence electrons. The summed E-state index contributed by atoms with van der Waals surface area (Å²) in [5, 5.41) is 3.03. The Bertz CT molecular complexity index is 542. The van der Waals surface area contributed by atoms with E-state index in [2.05, 4.69) is 29.6 Å². The number of carbonyl (C=O) groups is 1. The Morgan fingerprint density at radius 3 is 1.76 bits per heavy atom. The van der Waals surface area contributed by atoms with Gasteiger partial charge in [0.05, 0.1) is 6.04 Å². The number of hydrogen-bond acceptors (Lipinski definition) is 2. The third kappa shape index (κ3) is 4.17. The number of benzene rings is 2. The van der Waals surface area contributed by atoms with Crippen LogP contribution in [0.4, 0.5) is 0 Å². The minimum absolute atomic E-state index is 0.0637. The zero-order valence-corrected chi connectivity index (χ0v) is 12.7. The van der Waals surface area contributed by atoms with E-state index in [9.17, 15) is 4.79 Å². The Balaban J connectivity index is 2.31. The van der Waals surface area contributed by atoms with Crippen LogP contribution in [-0.4, -0.2) is 19.6 Å². The van der Waals surface area contributed by atoms with E-state index in [0.717, 1.165) is 11.1 Å². The zero-order chi connectivity index (χ0) is 15.2. The van der Waals surface area contributed by atoms with Crippen molar-refractivity contribution in [3.05, 3.63) is 70.8 Å². The van der Waals surface area contributed by atoms with Crippen molar-refractivity contribution in [1.29, 1.82) is 0 Å². The third-order valence-corrected chi connectivity index (χ3v) is 3.40. The summed E-state index contributed by atoms with van der Waals surface area (Å²) in [4.78, 5) is 11.9. The van der Waals surface area contributed by atoms with Gasteiger partial charge in [-0.15, -0.1) is 0 Å². The van der Waals surface area contributed by atoms with Gasteiger partial charge < -0.3 is 10.1 Å². The molecule has 0 aliphatic rings. The average molecular weight is 283 g/mol. The maximum atomic E-state index is 11.9. The Morgan fingerprint density at radius 2 is 1.38 bits per heavy atom. The van der Waals surface area contributed by atoms with Crippen molar-refractivity contribution in [3.63, 3.8) is 0 Å². The molecule has 0 heterocycles. The normalized spacial score (nSPS) is 10.7. The molecule has 0 aromatic heterocycles. The van der Waals surface area contributed by atoms with Gasteiger partial charge in [0.25, 0.3) is 0 Å². The molecule has 0 bridgehead atoms. The van der Waals surface area contributed by atoms with Gasteiger partial charge in [-0.25, -0.2) is 0 Å². The highest BCUT2D eigenvalue weighted by Gasteiger charge is 2.16. The molecule has 0 aliphatic heterocycles. The predicted molar refractivity (Wildman–Crippen MR) is 84.2 cm³/mol. The number of amides is 1. The van der Waals surface area contributed by atoms with Crippen LogP contribution in [-0.2, 0) is 9.53 Å². The molecule has 3 nitrogen and oxygen atoms in total. The van der Waals surface area contributed by atoms with Gasteiger partial charge in [-0.3, -0.25) is 4.79 Å². The largest absolute Gasteiger partial charge is 0.375 e. The summed E-state index contributed by atoms with van der Waals surface area (Å²) in [5.41, 5.74) is 4.53. The van der Waals surface area contributed by atoms with E-state index >= 15 is 0 Å². The smallest absolute Gasteiger partial charge is 0.246 e. The first-order valence-corrected chi connectivity index (χ1v) is 7.01. The molecule has 2 rings (SSSR count). The van der Waals surface area contributed by atoms with Gasteiger partial charge in [-0.1, -0.05) is 59.7 Å². The summed E-state index contributed by atoms with van der Waals surface area (Å²) >= 11 is 0. The quantitative estimate of drug-likeness (QED) is 0.915. The molecule has 1 N–H and O–H groups in total. The molecule has 0 unspecified atom stereocenters. The number of ether oxygens (including phenoxy) is 1. The van der Waals surface area contributed by atoms with E-state index in [0.29, 0.717) is 0 Å². The molecule has 3 heteroatoms. The zero-order valence-electron chi connectivity index (χ0n) is 12.7. The van der Waals surface area contributed by atoms with Crippen molar-refractivity contribution in [1.82, 2.24) is 5.32 Å². The summed E-state index contributed by atoms with van der Waals surface area (Å²) in [6, 6.07) is 16.3. The molecule has 0 spiro atoms. The van der Waals surface area contributed by atoms with E-state index in [1.807, 2.05) is 38.1 Å². The summed E-state index contributed by atoms with van der Waals surface area (Å²) < 4.78 is 4.90. The molecule has 0 saturated carbocycles. The number of nitrogens with one attached hydrogen (secondary N) is 1. The lowest BCUT2D eigenvalue weighted by molar-refractivity contribution is -0.125. The van der Waals surface area contributed by atoms with Gasteiger partial charge in [-0.2, -0.15) is 0 Å². The van der Waals surface area contributed by atoms with Gasteiger partial charge in [0.1, 0.15) is 6.61 Å². The lowest BCUT2D eigenvalue weighted by atomic mass is 9.97. The van der Waals surface area contributed by atoms with Gasteiger partial charge in [-0.05, 0) is 25.0 Å². The van der Waals surface area contributed by atoms with Crippen molar-refractivity contribution < 1.29 is 9.53 Å². The molecular weight excluding hydrogens is 262 g/mol. The number of hydrogen-bond donors (Lipinski definition) is 1. The van der Waals surface area contributed by atoms with Crippen LogP contribution in [0, 0.1) is 13.8 Å². The van der Waals surface area contributed by atoms with Crippen molar-refractivity contribution >= 4 is 5.91 Å². The minimum Gasteiger partial charge on any atom is -0.375 e. The van der Waals surface area contributed by atoms with Gasteiger partial charge >= 0.3 is 0 Å². The second kappa shape index (κ2) is 7.04. The fourth-order valence-electron chi connectivity index (χ4n) is 2.21. The first-order chi connectivity index (χ1) is 10.1. The Kier molecular flexibility index (Phi) is 5.12. The third-order valence-electron chi connectivity index (χ3n) is 3.40. The molecule has 0 aliphatic carbocycles. The molecular formula is C18H21NO2. The van der Waals surface area contributed by atoms with Crippen LogP contribution in [0.3, 0.4) is 0 Å². The molecule has 2 aromatic rings. The summed E-state index contributed by atoms with van der Waals surface area (Å²) in [6.07, 6.45) is 0. The standard InChI is InChI=1S/C18H21NO2/c1-13-4-8-15(9-5-13)18(19-17(20)12-21-3)16-10-6-14(2)7-11-16/h4-11,18H,12H2,1-3H3,(H,19,20). The first-order valence-electron chi connectivity index (χ1n) is 7.01. The highest BCUT2D eigenvalue weighted by Crippen LogP contribution is 2.23. The van der Waals surface area contributed by atoms with Crippen molar-refractivity contribution in [2.75, 3.05) is 13.7 Å². The van der Waals surface area contributed by atoms with E-state index in [1.165, 1.54) is 18.2 Å².